The molecule has 2 aliphatic rings. The molecule has 37 heavy (non-hydrogen) atoms. The number of fused-ring (bicyclic) bond motifs is 1. The maximum Gasteiger partial charge on any atom is 0.481 e. The van der Waals surface area contributed by atoms with Crippen molar-refractivity contribution in [3.63, 3.8) is 0 Å². The van der Waals surface area contributed by atoms with Crippen molar-refractivity contribution in [2.45, 2.75) is 90.4 Å². The van der Waals surface area contributed by atoms with E-state index in [0.717, 1.165) is 11.1 Å². The van der Waals surface area contributed by atoms with E-state index >= 15 is 0 Å². The Balaban J connectivity index is 1.67. The standard InChI is InChI=1S/C27H43BN2O7/c1-16(2)13-22(28-36-26(3,4)27(5,6)37-28)30-25(33)20(15-31)29-24(32)18-9-11-19-17(14-18)10-12-21(34-7)23(19)35-8/h10,12,16,18,20,22,31H,9,11,13-15H2,1-8H3,(H,29,32)(H,30,33)/t18?,20-,22-/m0/s1. The molecule has 1 aromatic rings. The molecule has 0 bridgehead atoms. The fourth-order valence-electron chi connectivity index (χ4n) is 4.97. The summed E-state index contributed by atoms with van der Waals surface area (Å²) in [4.78, 5) is 26.3. The summed E-state index contributed by atoms with van der Waals surface area (Å²) in [5.74, 6) is 0.170. The Kier molecular flexibility index (Phi) is 9.19. The lowest BCUT2D eigenvalue weighted by Gasteiger charge is -2.32. The summed E-state index contributed by atoms with van der Waals surface area (Å²) in [6.45, 7) is 11.5. The molecule has 0 saturated carbocycles. The lowest BCUT2D eigenvalue weighted by Crippen LogP contribution is -2.56. The quantitative estimate of drug-likeness (QED) is 0.408. The topological polar surface area (TPSA) is 115 Å². The second-order valence-corrected chi connectivity index (χ2v) is 11.5. The van der Waals surface area contributed by atoms with E-state index in [2.05, 4.69) is 24.5 Å². The van der Waals surface area contributed by atoms with Crippen molar-refractivity contribution in [2.24, 2.45) is 11.8 Å². The van der Waals surface area contributed by atoms with Crippen LogP contribution in [0.4, 0.5) is 0 Å². The predicted octanol–water partition coefficient (Wildman–Crippen LogP) is 2.45. The fourth-order valence-corrected chi connectivity index (χ4v) is 4.97. The lowest BCUT2D eigenvalue weighted by atomic mass is 9.74. The third kappa shape index (κ3) is 6.41. The van der Waals surface area contributed by atoms with Gasteiger partial charge in [0.2, 0.25) is 11.8 Å². The first kappa shape index (κ1) is 29.3. The average molecular weight is 518 g/mol. The highest BCUT2D eigenvalue weighted by molar-refractivity contribution is 6.48. The van der Waals surface area contributed by atoms with E-state index in [4.69, 9.17) is 18.8 Å². The summed E-state index contributed by atoms with van der Waals surface area (Å²) < 4.78 is 23.3. The molecule has 1 saturated heterocycles. The average Bonchev–Trinajstić information content (AvgIpc) is 3.06. The summed E-state index contributed by atoms with van der Waals surface area (Å²) in [6, 6.07) is 2.72. The maximum absolute atomic E-state index is 13.2. The molecule has 1 aliphatic carbocycles. The largest absolute Gasteiger partial charge is 0.493 e. The number of ether oxygens (including phenoxy) is 2. The summed E-state index contributed by atoms with van der Waals surface area (Å²) in [6.07, 6.45) is 2.40. The Morgan fingerprint density at radius 3 is 2.30 bits per heavy atom. The van der Waals surface area contributed by atoms with Gasteiger partial charge in [0, 0.05) is 11.5 Å². The van der Waals surface area contributed by atoms with Crippen molar-refractivity contribution in [3.05, 3.63) is 23.3 Å². The second-order valence-electron chi connectivity index (χ2n) is 11.5. The summed E-state index contributed by atoms with van der Waals surface area (Å²) >= 11 is 0. The molecular formula is C27H43BN2O7. The smallest absolute Gasteiger partial charge is 0.481 e. The van der Waals surface area contributed by atoms with E-state index in [1.54, 1.807) is 14.2 Å². The molecule has 0 spiro atoms. The Hall–Kier alpha value is -2.30. The number of rotatable bonds is 10. The molecule has 206 valence electrons. The van der Waals surface area contributed by atoms with Gasteiger partial charge in [-0.1, -0.05) is 19.9 Å². The summed E-state index contributed by atoms with van der Waals surface area (Å²) in [5, 5.41) is 15.7. The van der Waals surface area contributed by atoms with Gasteiger partial charge in [-0.2, -0.15) is 0 Å². The molecule has 3 atom stereocenters. The number of amides is 2. The maximum atomic E-state index is 13.2. The van der Waals surface area contributed by atoms with E-state index in [1.165, 1.54) is 0 Å². The van der Waals surface area contributed by atoms with Gasteiger partial charge in [0.15, 0.2) is 11.5 Å². The van der Waals surface area contributed by atoms with Crippen LogP contribution >= 0.6 is 0 Å². The van der Waals surface area contributed by atoms with E-state index in [9.17, 15) is 14.7 Å². The van der Waals surface area contributed by atoms with E-state index in [1.807, 2.05) is 39.8 Å². The van der Waals surface area contributed by atoms with E-state index in [-0.39, 0.29) is 17.7 Å². The highest BCUT2D eigenvalue weighted by Gasteiger charge is 2.54. The van der Waals surface area contributed by atoms with Crippen LogP contribution in [0.1, 0.15) is 65.5 Å². The first-order chi connectivity index (χ1) is 17.3. The first-order valence-corrected chi connectivity index (χ1v) is 13.1. The molecular weight excluding hydrogens is 475 g/mol. The van der Waals surface area contributed by atoms with Crippen LogP contribution in [0.5, 0.6) is 11.5 Å². The van der Waals surface area contributed by atoms with E-state index < -0.39 is 42.8 Å². The summed E-state index contributed by atoms with van der Waals surface area (Å²) in [7, 11) is 2.58. The van der Waals surface area contributed by atoms with Gasteiger partial charge >= 0.3 is 7.12 Å². The van der Waals surface area contributed by atoms with Crippen LogP contribution in [0.15, 0.2) is 12.1 Å². The third-order valence-corrected chi connectivity index (χ3v) is 7.79. The molecule has 1 heterocycles. The van der Waals surface area contributed by atoms with Gasteiger partial charge in [0.1, 0.15) is 6.04 Å². The highest BCUT2D eigenvalue weighted by atomic mass is 16.7. The predicted molar refractivity (Wildman–Crippen MR) is 142 cm³/mol. The van der Waals surface area contributed by atoms with Crippen molar-refractivity contribution in [2.75, 3.05) is 20.8 Å². The van der Waals surface area contributed by atoms with Crippen LogP contribution in [0.2, 0.25) is 0 Å². The van der Waals surface area contributed by atoms with Crippen molar-refractivity contribution < 1.29 is 33.5 Å². The van der Waals surface area contributed by atoms with Crippen molar-refractivity contribution in [1.82, 2.24) is 10.6 Å². The molecule has 3 rings (SSSR count). The van der Waals surface area contributed by atoms with Crippen LogP contribution in [0, 0.1) is 11.8 Å². The van der Waals surface area contributed by atoms with Crippen LogP contribution in [0.25, 0.3) is 0 Å². The number of aliphatic hydroxyl groups excluding tert-OH is 1. The molecule has 0 radical (unpaired) electrons. The van der Waals surface area contributed by atoms with Crippen molar-refractivity contribution in [1.29, 1.82) is 0 Å². The SMILES string of the molecule is COc1ccc2c(c1OC)CCC(C(=O)N[C@@H](CO)C(=O)N[C@@H](CC(C)C)B1OC(C)(C)C(C)(C)O1)C2. The number of nitrogens with one attached hydrogen (secondary N) is 2. The number of benzene rings is 1. The molecule has 1 aromatic carbocycles. The summed E-state index contributed by atoms with van der Waals surface area (Å²) in [5.41, 5.74) is 0.992. The third-order valence-electron chi connectivity index (χ3n) is 7.79. The molecule has 1 unspecified atom stereocenters. The van der Waals surface area contributed by atoms with Gasteiger partial charge in [-0.15, -0.1) is 0 Å². The number of hydrogen-bond acceptors (Lipinski definition) is 7. The van der Waals surface area contributed by atoms with Crippen LogP contribution < -0.4 is 20.1 Å². The molecule has 3 N–H and O–H groups in total. The molecule has 0 aromatic heterocycles. The van der Waals surface area contributed by atoms with E-state index in [0.29, 0.717) is 37.2 Å². The fraction of sp³-hybridized carbons (Fsp3) is 0.704. The van der Waals surface area contributed by atoms with Gasteiger partial charge in [-0.05, 0) is 70.9 Å². The molecule has 1 fully saturated rings. The molecule has 10 heteroatoms. The number of methoxy groups -OCH3 is 2. The van der Waals surface area contributed by atoms with Gasteiger partial charge < -0.3 is 34.5 Å². The van der Waals surface area contributed by atoms with Crippen LogP contribution in [0.3, 0.4) is 0 Å². The molecule has 1 aliphatic heterocycles. The normalized spacial score (nSPS) is 21.7. The van der Waals surface area contributed by atoms with Crippen LogP contribution in [-0.2, 0) is 31.7 Å². The second kappa shape index (κ2) is 11.6. The van der Waals surface area contributed by atoms with Gasteiger partial charge in [0.05, 0.1) is 38.0 Å². The minimum Gasteiger partial charge on any atom is -0.493 e. The minimum atomic E-state index is -1.07. The van der Waals surface area contributed by atoms with Crippen molar-refractivity contribution in [3.8, 4) is 11.5 Å². The Bertz CT molecular complexity index is 966. The number of hydrogen-bond donors (Lipinski definition) is 3. The number of aliphatic hydroxyl groups is 1. The number of carbonyl (C=O) groups is 2. The Labute approximate surface area is 221 Å². The zero-order chi connectivity index (χ0) is 27.5. The molecule has 9 nitrogen and oxygen atoms in total. The molecule has 2 amide bonds. The monoisotopic (exact) mass is 518 g/mol. The first-order valence-electron chi connectivity index (χ1n) is 13.1. The van der Waals surface area contributed by atoms with Crippen molar-refractivity contribution >= 4 is 18.9 Å². The highest BCUT2D eigenvalue weighted by Crippen LogP contribution is 2.39. The zero-order valence-electron chi connectivity index (χ0n) is 23.5. The Morgan fingerprint density at radius 1 is 1.11 bits per heavy atom. The van der Waals surface area contributed by atoms with Gasteiger partial charge in [-0.3, -0.25) is 9.59 Å². The Morgan fingerprint density at radius 2 is 1.76 bits per heavy atom. The number of carbonyl (C=O) groups excluding carboxylic acids is 2. The minimum absolute atomic E-state index is 0.259. The lowest BCUT2D eigenvalue weighted by molar-refractivity contribution is -0.132. The van der Waals surface area contributed by atoms with Gasteiger partial charge in [0.25, 0.3) is 0 Å². The van der Waals surface area contributed by atoms with Gasteiger partial charge in [-0.25, -0.2) is 0 Å². The van der Waals surface area contributed by atoms with Crippen LogP contribution in [-0.4, -0.2) is 68.1 Å². The zero-order valence-corrected chi connectivity index (χ0v) is 23.5.